The van der Waals surface area contributed by atoms with Gasteiger partial charge in [-0.15, -0.1) is 0 Å². The quantitative estimate of drug-likeness (QED) is 0.864. The van der Waals surface area contributed by atoms with E-state index in [9.17, 15) is 4.79 Å². The largest absolute Gasteiger partial charge is 0.376 e. The smallest absolute Gasteiger partial charge is 0.241 e. The summed E-state index contributed by atoms with van der Waals surface area (Å²) >= 11 is 0. The molecule has 0 aliphatic carbocycles. The van der Waals surface area contributed by atoms with E-state index in [-0.39, 0.29) is 12.5 Å². The number of hydrogen-bond donors (Lipinski definition) is 1. The zero-order chi connectivity index (χ0) is 13.5. The molecule has 1 aromatic rings. The first-order valence-electron chi connectivity index (χ1n) is 6.14. The van der Waals surface area contributed by atoms with Crippen molar-refractivity contribution in [2.45, 2.75) is 20.8 Å². The molecule has 0 saturated carbocycles. The van der Waals surface area contributed by atoms with Gasteiger partial charge in [-0.05, 0) is 44.5 Å². The fourth-order valence-corrected chi connectivity index (χ4v) is 1.76. The van der Waals surface area contributed by atoms with Crippen molar-refractivity contribution in [1.29, 1.82) is 5.26 Å². The van der Waals surface area contributed by atoms with Crippen LogP contribution in [-0.2, 0) is 4.79 Å². The Morgan fingerprint density at radius 2 is 2.06 bits per heavy atom. The highest BCUT2D eigenvalue weighted by Gasteiger charge is 2.08. The lowest BCUT2D eigenvalue weighted by Gasteiger charge is -2.19. The molecule has 0 atom stereocenters. The minimum absolute atomic E-state index is 0.0852. The molecule has 0 saturated heterocycles. The van der Waals surface area contributed by atoms with E-state index in [0.29, 0.717) is 5.56 Å². The second kappa shape index (κ2) is 6.65. The molecule has 1 rings (SSSR count). The first-order valence-corrected chi connectivity index (χ1v) is 6.14. The highest BCUT2D eigenvalue weighted by Crippen LogP contribution is 2.14. The minimum Gasteiger partial charge on any atom is -0.376 e. The predicted molar refractivity (Wildman–Crippen MR) is 72.3 cm³/mol. The van der Waals surface area contributed by atoms with Crippen LogP contribution in [0.15, 0.2) is 18.2 Å². The number of rotatable bonds is 5. The van der Waals surface area contributed by atoms with Crippen LogP contribution in [0.25, 0.3) is 0 Å². The van der Waals surface area contributed by atoms with Crippen molar-refractivity contribution >= 4 is 11.6 Å². The van der Waals surface area contributed by atoms with Gasteiger partial charge in [-0.1, -0.05) is 0 Å². The van der Waals surface area contributed by atoms with Crippen LogP contribution < -0.4 is 5.32 Å². The number of anilines is 1. The number of carbonyl (C=O) groups excluding carboxylic acids is 1. The van der Waals surface area contributed by atoms with E-state index in [0.717, 1.165) is 24.3 Å². The molecule has 96 valence electrons. The molecule has 0 spiro atoms. The van der Waals surface area contributed by atoms with Crippen molar-refractivity contribution in [2.24, 2.45) is 0 Å². The van der Waals surface area contributed by atoms with Gasteiger partial charge in [-0.3, -0.25) is 4.79 Å². The minimum atomic E-state index is 0.0852. The number of amides is 1. The Bertz CT molecular complexity index is 459. The van der Waals surface area contributed by atoms with E-state index in [1.54, 1.807) is 11.0 Å². The Kier molecular flexibility index (Phi) is 5.19. The van der Waals surface area contributed by atoms with Gasteiger partial charge < -0.3 is 10.2 Å². The van der Waals surface area contributed by atoms with Gasteiger partial charge in [0.2, 0.25) is 5.91 Å². The van der Waals surface area contributed by atoms with Gasteiger partial charge in [0.05, 0.1) is 18.2 Å². The molecule has 1 amide bonds. The average Bonchev–Trinajstić information content (AvgIpc) is 2.38. The summed E-state index contributed by atoms with van der Waals surface area (Å²) in [4.78, 5) is 13.6. The maximum atomic E-state index is 11.8. The maximum absolute atomic E-state index is 11.8. The fraction of sp³-hybridized carbons (Fsp3) is 0.429. The zero-order valence-electron chi connectivity index (χ0n) is 11.2. The lowest BCUT2D eigenvalue weighted by molar-refractivity contribution is -0.128. The summed E-state index contributed by atoms with van der Waals surface area (Å²) in [6, 6.07) is 7.59. The summed E-state index contributed by atoms with van der Waals surface area (Å²) in [7, 11) is 0. The van der Waals surface area contributed by atoms with E-state index in [1.807, 2.05) is 32.9 Å². The zero-order valence-corrected chi connectivity index (χ0v) is 11.2. The van der Waals surface area contributed by atoms with E-state index in [1.165, 1.54) is 0 Å². The van der Waals surface area contributed by atoms with Gasteiger partial charge in [-0.25, -0.2) is 0 Å². The summed E-state index contributed by atoms with van der Waals surface area (Å²) < 4.78 is 0. The number of hydrogen-bond acceptors (Lipinski definition) is 3. The second-order valence-corrected chi connectivity index (χ2v) is 4.06. The summed E-state index contributed by atoms with van der Waals surface area (Å²) in [5.74, 6) is 0.0852. The molecule has 0 radical (unpaired) electrons. The highest BCUT2D eigenvalue weighted by atomic mass is 16.2. The third-order valence-corrected chi connectivity index (χ3v) is 2.91. The second-order valence-electron chi connectivity index (χ2n) is 4.06. The van der Waals surface area contributed by atoms with E-state index in [2.05, 4.69) is 11.4 Å². The topological polar surface area (TPSA) is 56.1 Å². The summed E-state index contributed by atoms with van der Waals surface area (Å²) in [6.07, 6.45) is 0. The van der Waals surface area contributed by atoms with Crippen LogP contribution in [0.4, 0.5) is 5.69 Å². The monoisotopic (exact) mass is 245 g/mol. The molecule has 0 aliphatic rings. The van der Waals surface area contributed by atoms with E-state index in [4.69, 9.17) is 5.26 Å². The van der Waals surface area contributed by atoms with Crippen LogP contribution >= 0.6 is 0 Å². The van der Waals surface area contributed by atoms with Gasteiger partial charge in [-0.2, -0.15) is 5.26 Å². The fourth-order valence-electron chi connectivity index (χ4n) is 1.76. The molecule has 0 fully saturated rings. The SMILES string of the molecule is CCN(CC)C(=O)CNc1ccc(C#N)c(C)c1. The Hall–Kier alpha value is -2.02. The normalized spacial score (nSPS) is 9.67. The first-order chi connectivity index (χ1) is 8.62. The van der Waals surface area contributed by atoms with E-state index >= 15 is 0 Å². The third-order valence-electron chi connectivity index (χ3n) is 2.91. The average molecular weight is 245 g/mol. The molecular formula is C14H19N3O. The van der Waals surface area contributed by atoms with Crippen LogP contribution in [0.3, 0.4) is 0 Å². The molecular weight excluding hydrogens is 226 g/mol. The van der Waals surface area contributed by atoms with Crippen LogP contribution in [0, 0.1) is 18.3 Å². The molecule has 4 nitrogen and oxygen atoms in total. The molecule has 0 aliphatic heterocycles. The van der Waals surface area contributed by atoms with Gasteiger partial charge in [0, 0.05) is 18.8 Å². The number of carbonyl (C=O) groups is 1. The van der Waals surface area contributed by atoms with Crippen LogP contribution in [-0.4, -0.2) is 30.4 Å². The van der Waals surface area contributed by atoms with E-state index < -0.39 is 0 Å². The van der Waals surface area contributed by atoms with Crippen molar-refractivity contribution in [3.8, 4) is 6.07 Å². The van der Waals surface area contributed by atoms with Gasteiger partial charge in [0.25, 0.3) is 0 Å². The molecule has 0 aromatic heterocycles. The molecule has 1 N–H and O–H groups in total. The van der Waals surface area contributed by atoms with Crippen molar-refractivity contribution in [1.82, 2.24) is 4.90 Å². The number of aryl methyl sites for hydroxylation is 1. The molecule has 4 heteroatoms. The molecule has 1 aromatic carbocycles. The number of nitrogens with one attached hydrogen (secondary N) is 1. The standard InChI is InChI=1S/C14H19N3O/c1-4-17(5-2)14(18)10-16-13-7-6-12(9-15)11(3)8-13/h6-8,16H,4-5,10H2,1-3H3. The highest BCUT2D eigenvalue weighted by molar-refractivity contribution is 5.80. The Morgan fingerprint density at radius 1 is 1.39 bits per heavy atom. The first kappa shape index (κ1) is 14.0. The Morgan fingerprint density at radius 3 is 2.56 bits per heavy atom. The van der Waals surface area contributed by atoms with Crippen LogP contribution in [0.5, 0.6) is 0 Å². The molecule has 0 unspecified atom stereocenters. The van der Waals surface area contributed by atoms with Gasteiger partial charge in [0.15, 0.2) is 0 Å². The summed E-state index contributed by atoms with van der Waals surface area (Å²) in [5, 5.41) is 11.9. The van der Waals surface area contributed by atoms with Crippen molar-refractivity contribution in [2.75, 3.05) is 25.0 Å². The number of benzene rings is 1. The summed E-state index contributed by atoms with van der Waals surface area (Å²) in [6.45, 7) is 7.55. The number of nitrogens with zero attached hydrogens (tertiary/aromatic N) is 2. The lowest BCUT2D eigenvalue weighted by Crippen LogP contribution is -2.35. The van der Waals surface area contributed by atoms with Crippen LogP contribution in [0.1, 0.15) is 25.0 Å². The lowest BCUT2D eigenvalue weighted by atomic mass is 10.1. The van der Waals surface area contributed by atoms with Gasteiger partial charge >= 0.3 is 0 Å². The predicted octanol–water partition coefficient (Wildman–Crippen LogP) is 2.15. The molecule has 18 heavy (non-hydrogen) atoms. The molecule has 0 heterocycles. The summed E-state index contributed by atoms with van der Waals surface area (Å²) in [5.41, 5.74) is 2.44. The number of likely N-dealkylation sites (N-methyl/N-ethyl adjacent to an activating group) is 1. The Balaban J connectivity index is 2.62. The van der Waals surface area contributed by atoms with Crippen LogP contribution in [0.2, 0.25) is 0 Å². The van der Waals surface area contributed by atoms with Crippen molar-refractivity contribution in [3.63, 3.8) is 0 Å². The van der Waals surface area contributed by atoms with Crippen molar-refractivity contribution in [3.05, 3.63) is 29.3 Å². The maximum Gasteiger partial charge on any atom is 0.241 e. The van der Waals surface area contributed by atoms with Gasteiger partial charge in [0.1, 0.15) is 0 Å². The molecule has 0 bridgehead atoms. The number of nitriles is 1. The Labute approximate surface area is 108 Å². The third kappa shape index (κ3) is 3.49. The van der Waals surface area contributed by atoms with Crippen molar-refractivity contribution < 1.29 is 4.79 Å².